The number of ether oxygens (including phenoxy) is 2. The second kappa shape index (κ2) is 7.49. The lowest BCUT2D eigenvalue weighted by molar-refractivity contribution is -0.124. The first-order valence-corrected chi connectivity index (χ1v) is 6.19. The molecule has 0 radical (unpaired) electrons. The summed E-state index contributed by atoms with van der Waals surface area (Å²) < 4.78 is 10.2. The van der Waals surface area contributed by atoms with E-state index in [0.717, 1.165) is 0 Å². The topological polar surface area (TPSA) is 84.9 Å². The van der Waals surface area contributed by atoms with Gasteiger partial charge in [-0.3, -0.25) is 4.79 Å². The Hall–Kier alpha value is -2.08. The van der Waals surface area contributed by atoms with Crippen molar-refractivity contribution in [3.8, 4) is 5.75 Å². The minimum absolute atomic E-state index is 0.0442. The molecule has 1 rings (SSSR count). The van der Waals surface area contributed by atoms with Gasteiger partial charge in [0.25, 0.3) is 5.91 Å². The predicted octanol–water partition coefficient (Wildman–Crippen LogP) is 1.22. The first-order valence-electron chi connectivity index (χ1n) is 6.19. The van der Waals surface area contributed by atoms with Crippen molar-refractivity contribution >= 4 is 11.9 Å². The smallest absolute Gasteiger partial charge is 0.339 e. The minimum Gasteiger partial charge on any atom is -0.483 e. The molecule has 0 aliphatic carbocycles. The average molecular weight is 281 g/mol. The van der Waals surface area contributed by atoms with E-state index in [1.54, 1.807) is 33.1 Å². The molecule has 0 aliphatic heterocycles. The number of benzene rings is 1. The number of amides is 1. The molecule has 0 aromatic heterocycles. The summed E-state index contributed by atoms with van der Waals surface area (Å²) in [6.45, 7) is 3.70. The van der Waals surface area contributed by atoms with Crippen molar-refractivity contribution in [2.75, 3.05) is 20.3 Å². The molecule has 0 saturated carbocycles. The summed E-state index contributed by atoms with van der Waals surface area (Å²) >= 11 is 0. The number of carboxylic acids is 1. The first kappa shape index (κ1) is 16.0. The van der Waals surface area contributed by atoms with Crippen LogP contribution in [0.2, 0.25) is 0 Å². The van der Waals surface area contributed by atoms with E-state index in [1.165, 1.54) is 6.07 Å². The van der Waals surface area contributed by atoms with Gasteiger partial charge in [0.05, 0.1) is 6.61 Å². The maximum Gasteiger partial charge on any atom is 0.339 e. The number of aromatic carboxylic acids is 1. The van der Waals surface area contributed by atoms with Crippen LogP contribution in [0.5, 0.6) is 5.75 Å². The van der Waals surface area contributed by atoms with Crippen LogP contribution in [0.1, 0.15) is 22.8 Å². The van der Waals surface area contributed by atoms with E-state index in [4.69, 9.17) is 14.6 Å². The van der Waals surface area contributed by atoms with Crippen molar-refractivity contribution in [2.24, 2.45) is 0 Å². The molecule has 6 nitrogen and oxygen atoms in total. The third-order valence-corrected chi connectivity index (χ3v) is 2.61. The third kappa shape index (κ3) is 4.55. The number of methoxy groups -OCH3 is 1. The minimum atomic E-state index is -1.09. The highest BCUT2D eigenvalue weighted by atomic mass is 16.5. The Kier molecular flexibility index (Phi) is 5.99. The fourth-order valence-electron chi connectivity index (χ4n) is 1.76. The van der Waals surface area contributed by atoms with Gasteiger partial charge in [0.2, 0.25) is 0 Å². The normalized spacial score (nSPS) is 11.8. The molecule has 0 aliphatic rings. The molecule has 0 spiro atoms. The van der Waals surface area contributed by atoms with Crippen molar-refractivity contribution in [1.29, 1.82) is 0 Å². The summed E-state index contributed by atoms with van der Waals surface area (Å²) in [6.07, 6.45) is 0. The molecular formula is C14H19NO5. The molecule has 0 bridgehead atoms. The Labute approximate surface area is 117 Å². The number of rotatable bonds is 7. The van der Waals surface area contributed by atoms with E-state index in [0.29, 0.717) is 12.2 Å². The van der Waals surface area contributed by atoms with Crippen molar-refractivity contribution < 1.29 is 24.2 Å². The van der Waals surface area contributed by atoms with Crippen molar-refractivity contribution in [3.05, 3.63) is 29.3 Å². The third-order valence-electron chi connectivity index (χ3n) is 2.61. The molecule has 0 saturated heterocycles. The predicted molar refractivity (Wildman–Crippen MR) is 73.1 cm³/mol. The standard InChI is InChI=1S/C14H19NO5/c1-9-5-4-6-11(14(17)18)13(9)20-8-12(16)15-10(2)7-19-3/h4-6,10H,7-8H2,1-3H3,(H,15,16)(H,17,18). The largest absolute Gasteiger partial charge is 0.483 e. The quantitative estimate of drug-likeness (QED) is 0.785. The maximum atomic E-state index is 11.7. The fraction of sp³-hybridized carbons (Fsp3) is 0.429. The number of carbonyl (C=O) groups is 2. The molecule has 6 heteroatoms. The van der Waals surface area contributed by atoms with Gasteiger partial charge in [-0.25, -0.2) is 4.79 Å². The van der Waals surface area contributed by atoms with Crippen LogP contribution in [0.25, 0.3) is 0 Å². The van der Waals surface area contributed by atoms with E-state index in [-0.39, 0.29) is 29.9 Å². The van der Waals surface area contributed by atoms with Crippen molar-refractivity contribution in [3.63, 3.8) is 0 Å². The van der Waals surface area contributed by atoms with E-state index in [1.807, 2.05) is 0 Å². The molecule has 0 fully saturated rings. The number of hydrogen-bond acceptors (Lipinski definition) is 4. The van der Waals surface area contributed by atoms with E-state index < -0.39 is 5.97 Å². The summed E-state index contributed by atoms with van der Waals surface area (Å²) in [5.41, 5.74) is 0.713. The monoisotopic (exact) mass is 281 g/mol. The molecule has 1 atom stereocenters. The number of nitrogens with one attached hydrogen (secondary N) is 1. The van der Waals surface area contributed by atoms with E-state index in [2.05, 4.69) is 5.32 Å². The second-order valence-electron chi connectivity index (χ2n) is 4.47. The average Bonchev–Trinajstić information content (AvgIpc) is 2.37. The van der Waals surface area contributed by atoms with Crippen LogP contribution in [0.3, 0.4) is 0 Å². The van der Waals surface area contributed by atoms with Crippen LogP contribution in [-0.2, 0) is 9.53 Å². The summed E-state index contributed by atoms with van der Waals surface area (Å²) in [7, 11) is 1.55. The zero-order valence-electron chi connectivity index (χ0n) is 11.8. The Bertz CT molecular complexity index is 486. The SMILES string of the molecule is COCC(C)NC(=O)COc1c(C)cccc1C(=O)O. The Balaban J connectivity index is 2.66. The molecular weight excluding hydrogens is 262 g/mol. The lowest BCUT2D eigenvalue weighted by Gasteiger charge is -2.15. The van der Waals surface area contributed by atoms with Gasteiger partial charge in [-0.05, 0) is 25.5 Å². The Morgan fingerprint density at radius 2 is 2.10 bits per heavy atom. The number of carbonyl (C=O) groups excluding carboxylic acids is 1. The van der Waals surface area contributed by atoms with Crippen LogP contribution in [0.15, 0.2) is 18.2 Å². The highest BCUT2D eigenvalue weighted by Crippen LogP contribution is 2.23. The number of para-hydroxylation sites is 1. The van der Waals surface area contributed by atoms with Gasteiger partial charge in [0.1, 0.15) is 11.3 Å². The number of aryl methyl sites for hydroxylation is 1. The fourth-order valence-corrected chi connectivity index (χ4v) is 1.76. The Morgan fingerprint density at radius 3 is 2.70 bits per heavy atom. The highest BCUT2D eigenvalue weighted by molar-refractivity contribution is 5.91. The van der Waals surface area contributed by atoms with Gasteiger partial charge in [0, 0.05) is 13.2 Å². The summed E-state index contributed by atoms with van der Waals surface area (Å²) in [6, 6.07) is 4.67. The summed E-state index contributed by atoms with van der Waals surface area (Å²) in [5.74, 6) is -1.19. The second-order valence-corrected chi connectivity index (χ2v) is 4.47. The van der Waals surface area contributed by atoms with Gasteiger partial charge in [-0.15, -0.1) is 0 Å². The van der Waals surface area contributed by atoms with Gasteiger partial charge < -0.3 is 19.9 Å². The summed E-state index contributed by atoms with van der Waals surface area (Å²) in [5, 5.41) is 11.8. The van der Waals surface area contributed by atoms with Gasteiger partial charge in [0.15, 0.2) is 6.61 Å². The molecule has 1 aromatic rings. The first-order chi connectivity index (χ1) is 9.45. The molecule has 20 heavy (non-hydrogen) atoms. The van der Waals surface area contributed by atoms with Crippen LogP contribution < -0.4 is 10.1 Å². The molecule has 1 amide bonds. The zero-order valence-corrected chi connectivity index (χ0v) is 11.8. The maximum absolute atomic E-state index is 11.7. The van der Waals surface area contributed by atoms with Gasteiger partial charge in [-0.1, -0.05) is 12.1 Å². The van der Waals surface area contributed by atoms with E-state index >= 15 is 0 Å². The lowest BCUT2D eigenvalue weighted by Crippen LogP contribution is -2.38. The van der Waals surface area contributed by atoms with Crippen molar-refractivity contribution in [2.45, 2.75) is 19.9 Å². The summed E-state index contributed by atoms with van der Waals surface area (Å²) in [4.78, 5) is 22.7. The zero-order chi connectivity index (χ0) is 15.1. The highest BCUT2D eigenvalue weighted by Gasteiger charge is 2.15. The molecule has 1 unspecified atom stereocenters. The van der Waals surface area contributed by atoms with Crippen LogP contribution in [0.4, 0.5) is 0 Å². The van der Waals surface area contributed by atoms with Crippen LogP contribution in [0, 0.1) is 6.92 Å². The van der Waals surface area contributed by atoms with Crippen LogP contribution in [-0.4, -0.2) is 43.3 Å². The molecule has 0 heterocycles. The molecule has 1 aromatic carbocycles. The number of hydrogen-bond donors (Lipinski definition) is 2. The van der Waals surface area contributed by atoms with Crippen molar-refractivity contribution in [1.82, 2.24) is 5.32 Å². The Morgan fingerprint density at radius 1 is 1.40 bits per heavy atom. The molecule has 2 N–H and O–H groups in total. The van der Waals surface area contributed by atoms with Gasteiger partial charge >= 0.3 is 5.97 Å². The lowest BCUT2D eigenvalue weighted by atomic mass is 10.1. The molecule has 110 valence electrons. The van der Waals surface area contributed by atoms with E-state index in [9.17, 15) is 9.59 Å². The number of carboxylic acid groups (broad SMARTS) is 1. The van der Waals surface area contributed by atoms with Crippen LogP contribution >= 0.6 is 0 Å². The van der Waals surface area contributed by atoms with Gasteiger partial charge in [-0.2, -0.15) is 0 Å².